The van der Waals surface area contributed by atoms with Crippen molar-refractivity contribution in [2.45, 2.75) is 104 Å². The van der Waals surface area contributed by atoms with E-state index in [0.717, 1.165) is 19.3 Å². The molecule has 2 saturated carbocycles. The first kappa shape index (κ1) is 16.8. The van der Waals surface area contributed by atoms with Crippen LogP contribution in [0.3, 0.4) is 0 Å². The van der Waals surface area contributed by atoms with Crippen LogP contribution in [-0.2, 0) is 9.53 Å². The summed E-state index contributed by atoms with van der Waals surface area (Å²) in [5, 5.41) is 0. The largest absolute Gasteiger partial charge is 0.458 e. The SMILES string of the molecule is CCC(C)(C)C(=O)OC1(CC)CCCCC12CCCCC2. The Morgan fingerprint density at radius 2 is 1.48 bits per heavy atom. The first-order chi connectivity index (χ1) is 9.91. The molecule has 2 aliphatic carbocycles. The Morgan fingerprint density at radius 1 is 0.952 bits per heavy atom. The Hall–Kier alpha value is -0.530. The van der Waals surface area contributed by atoms with Gasteiger partial charge in [-0.3, -0.25) is 4.79 Å². The van der Waals surface area contributed by atoms with Crippen molar-refractivity contribution in [3.8, 4) is 0 Å². The summed E-state index contributed by atoms with van der Waals surface area (Å²) < 4.78 is 6.34. The van der Waals surface area contributed by atoms with E-state index in [9.17, 15) is 4.79 Å². The Morgan fingerprint density at radius 3 is 2.00 bits per heavy atom. The highest BCUT2D eigenvalue weighted by Crippen LogP contribution is 2.56. The van der Waals surface area contributed by atoms with E-state index in [0.29, 0.717) is 0 Å². The molecule has 0 amide bonds. The molecule has 1 unspecified atom stereocenters. The molecule has 2 rings (SSSR count). The summed E-state index contributed by atoms with van der Waals surface area (Å²) in [5.74, 6) is 0.0266. The van der Waals surface area contributed by atoms with E-state index in [4.69, 9.17) is 4.74 Å². The second-order valence-electron chi connectivity index (χ2n) is 8.02. The van der Waals surface area contributed by atoms with Gasteiger partial charge in [-0.15, -0.1) is 0 Å². The topological polar surface area (TPSA) is 26.3 Å². The van der Waals surface area contributed by atoms with Crippen LogP contribution < -0.4 is 0 Å². The molecular weight excluding hydrogens is 260 g/mol. The summed E-state index contributed by atoms with van der Waals surface area (Å²) in [5.41, 5.74) is -0.262. The van der Waals surface area contributed by atoms with Gasteiger partial charge in [0.1, 0.15) is 5.60 Å². The van der Waals surface area contributed by atoms with Gasteiger partial charge in [-0.05, 0) is 58.8 Å². The van der Waals surface area contributed by atoms with Gasteiger partial charge in [0, 0.05) is 5.41 Å². The zero-order valence-corrected chi connectivity index (χ0v) is 14.6. The predicted octanol–water partition coefficient (Wildman–Crippen LogP) is 5.64. The Kier molecular flexibility index (Phi) is 5.05. The Labute approximate surface area is 131 Å². The molecule has 21 heavy (non-hydrogen) atoms. The van der Waals surface area contributed by atoms with Gasteiger partial charge in [-0.25, -0.2) is 0 Å². The van der Waals surface area contributed by atoms with Crippen LogP contribution >= 0.6 is 0 Å². The van der Waals surface area contributed by atoms with Gasteiger partial charge in [0.15, 0.2) is 0 Å². The van der Waals surface area contributed by atoms with Crippen LogP contribution in [0.4, 0.5) is 0 Å². The summed E-state index contributed by atoms with van der Waals surface area (Å²) in [4.78, 5) is 12.7. The van der Waals surface area contributed by atoms with E-state index >= 15 is 0 Å². The fourth-order valence-electron chi connectivity index (χ4n) is 4.54. The maximum atomic E-state index is 12.7. The molecule has 1 atom stereocenters. The maximum Gasteiger partial charge on any atom is 0.312 e. The lowest BCUT2D eigenvalue weighted by molar-refractivity contribution is -0.203. The van der Waals surface area contributed by atoms with Crippen LogP contribution in [0.2, 0.25) is 0 Å². The number of esters is 1. The fraction of sp³-hybridized carbons (Fsp3) is 0.947. The zero-order valence-electron chi connectivity index (χ0n) is 14.6. The third kappa shape index (κ3) is 3.00. The van der Waals surface area contributed by atoms with Gasteiger partial charge in [-0.2, -0.15) is 0 Å². The summed E-state index contributed by atoms with van der Waals surface area (Å²) in [7, 11) is 0. The van der Waals surface area contributed by atoms with Crippen molar-refractivity contribution >= 4 is 5.97 Å². The van der Waals surface area contributed by atoms with Crippen molar-refractivity contribution < 1.29 is 9.53 Å². The third-order valence-corrected chi connectivity index (χ3v) is 6.56. The highest BCUT2D eigenvalue weighted by molar-refractivity contribution is 5.76. The molecule has 0 bridgehead atoms. The average Bonchev–Trinajstić information content (AvgIpc) is 2.50. The van der Waals surface area contributed by atoms with Crippen molar-refractivity contribution in [1.82, 2.24) is 0 Å². The van der Waals surface area contributed by atoms with Gasteiger partial charge < -0.3 is 4.74 Å². The average molecular weight is 294 g/mol. The molecule has 2 fully saturated rings. The first-order valence-electron chi connectivity index (χ1n) is 9.15. The van der Waals surface area contributed by atoms with Gasteiger partial charge in [-0.1, -0.05) is 39.5 Å². The van der Waals surface area contributed by atoms with Gasteiger partial charge in [0.05, 0.1) is 5.41 Å². The predicted molar refractivity (Wildman–Crippen MR) is 87.2 cm³/mol. The van der Waals surface area contributed by atoms with Crippen LogP contribution in [0, 0.1) is 10.8 Å². The Bertz CT molecular complexity index is 357. The van der Waals surface area contributed by atoms with Crippen molar-refractivity contribution in [2.24, 2.45) is 10.8 Å². The quantitative estimate of drug-likeness (QED) is 0.627. The van der Waals surface area contributed by atoms with Crippen molar-refractivity contribution in [1.29, 1.82) is 0 Å². The standard InChI is InChI=1S/C19H34O2/c1-5-17(3,4)16(20)21-19(6-2)15-11-10-14-18(19)12-8-7-9-13-18/h5-15H2,1-4H3. The maximum absolute atomic E-state index is 12.7. The molecule has 2 nitrogen and oxygen atoms in total. The van der Waals surface area contributed by atoms with Crippen LogP contribution in [0.25, 0.3) is 0 Å². The smallest absolute Gasteiger partial charge is 0.312 e. The molecule has 1 spiro atoms. The number of ether oxygens (including phenoxy) is 1. The van der Waals surface area contributed by atoms with Crippen LogP contribution in [0.1, 0.15) is 98.3 Å². The van der Waals surface area contributed by atoms with Gasteiger partial charge >= 0.3 is 5.97 Å². The van der Waals surface area contributed by atoms with Crippen LogP contribution in [0.5, 0.6) is 0 Å². The molecule has 0 aliphatic heterocycles. The molecule has 2 heteroatoms. The third-order valence-electron chi connectivity index (χ3n) is 6.56. The van der Waals surface area contributed by atoms with Gasteiger partial charge in [0.25, 0.3) is 0 Å². The molecule has 122 valence electrons. The first-order valence-corrected chi connectivity index (χ1v) is 9.15. The minimum Gasteiger partial charge on any atom is -0.458 e. The lowest BCUT2D eigenvalue weighted by Crippen LogP contribution is -2.55. The van der Waals surface area contributed by atoms with Crippen molar-refractivity contribution in [2.75, 3.05) is 0 Å². The van der Waals surface area contributed by atoms with E-state index in [2.05, 4.69) is 13.8 Å². The van der Waals surface area contributed by atoms with Crippen LogP contribution in [0.15, 0.2) is 0 Å². The molecule has 2 aliphatic rings. The molecule has 0 radical (unpaired) electrons. The molecule has 0 aromatic rings. The van der Waals surface area contributed by atoms with Crippen LogP contribution in [-0.4, -0.2) is 11.6 Å². The monoisotopic (exact) mass is 294 g/mol. The van der Waals surface area contributed by atoms with Crippen molar-refractivity contribution in [3.05, 3.63) is 0 Å². The fourth-order valence-corrected chi connectivity index (χ4v) is 4.54. The van der Waals surface area contributed by atoms with E-state index in [1.165, 1.54) is 51.4 Å². The van der Waals surface area contributed by atoms with E-state index in [-0.39, 0.29) is 22.4 Å². The number of rotatable bonds is 4. The molecule has 0 heterocycles. The minimum atomic E-state index is -0.352. The second kappa shape index (κ2) is 6.30. The molecule has 0 N–H and O–H groups in total. The highest BCUT2D eigenvalue weighted by atomic mass is 16.6. The second-order valence-corrected chi connectivity index (χ2v) is 8.02. The zero-order chi connectivity index (χ0) is 15.6. The lowest BCUT2D eigenvalue weighted by atomic mass is 9.56. The minimum absolute atomic E-state index is 0.0266. The molecule has 0 saturated heterocycles. The van der Waals surface area contributed by atoms with E-state index in [1.807, 2.05) is 13.8 Å². The molecular formula is C19H34O2. The molecule has 0 aromatic heterocycles. The molecule has 0 aromatic carbocycles. The normalized spacial score (nSPS) is 29.3. The summed E-state index contributed by atoms with van der Waals surface area (Å²) >= 11 is 0. The van der Waals surface area contributed by atoms with E-state index in [1.54, 1.807) is 0 Å². The highest BCUT2D eigenvalue weighted by Gasteiger charge is 2.55. The lowest BCUT2D eigenvalue weighted by Gasteiger charge is -2.55. The van der Waals surface area contributed by atoms with Crippen molar-refractivity contribution in [3.63, 3.8) is 0 Å². The number of hydrogen-bond donors (Lipinski definition) is 0. The summed E-state index contributed by atoms with van der Waals surface area (Å²) in [6, 6.07) is 0. The number of carbonyl (C=O) groups is 1. The summed E-state index contributed by atoms with van der Waals surface area (Å²) in [6.45, 7) is 8.36. The Balaban J connectivity index is 2.26. The number of carbonyl (C=O) groups excluding carboxylic acids is 1. The van der Waals surface area contributed by atoms with Gasteiger partial charge in [0.2, 0.25) is 0 Å². The van der Waals surface area contributed by atoms with E-state index < -0.39 is 0 Å². The summed E-state index contributed by atoms with van der Waals surface area (Å²) in [6.07, 6.45) is 13.2. The number of hydrogen-bond acceptors (Lipinski definition) is 2.